The van der Waals surface area contributed by atoms with E-state index in [2.05, 4.69) is 28.7 Å². The second-order valence-corrected chi connectivity index (χ2v) is 5.13. The average molecular weight is 263 g/mol. The Balaban J connectivity index is 2.29. The van der Waals surface area contributed by atoms with Gasteiger partial charge in [-0.3, -0.25) is 14.9 Å². The van der Waals surface area contributed by atoms with Crippen LogP contribution in [-0.2, 0) is 16.1 Å². The summed E-state index contributed by atoms with van der Waals surface area (Å²) in [5.74, 6) is -0.454. The number of nitrogens with one attached hydrogen (secondary N) is 1. The summed E-state index contributed by atoms with van der Waals surface area (Å²) >= 11 is 0. The first-order valence-corrected chi connectivity index (χ1v) is 7.01. The Morgan fingerprint density at radius 1 is 1.37 bits per heavy atom. The quantitative estimate of drug-likeness (QED) is 0.824. The monoisotopic (exact) mass is 263 g/mol. The molecule has 1 saturated heterocycles. The van der Waals surface area contributed by atoms with Gasteiger partial charge in [0, 0.05) is 36.7 Å². The van der Waals surface area contributed by atoms with Gasteiger partial charge >= 0.3 is 0 Å². The van der Waals surface area contributed by atoms with E-state index >= 15 is 0 Å². The van der Waals surface area contributed by atoms with Gasteiger partial charge in [0.05, 0.1) is 6.33 Å². The molecule has 2 heterocycles. The molecule has 1 aliphatic rings. The van der Waals surface area contributed by atoms with Crippen molar-refractivity contribution >= 4 is 11.8 Å². The van der Waals surface area contributed by atoms with Crippen LogP contribution in [0.3, 0.4) is 0 Å². The highest BCUT2D eigenvalue weighted by Gasteiger charge is 2.37. The first kappa shape index (κ1) is 13.8. The maximum absolute atomic E-state index is 12.0. The Morgan fingerprint density at radius 3 is 2.84 bits per heavy atom. The second kappa shape index (κ2) is 5.99. The number of carbonyl (C=O) groups excluding carboxylic acids is 2. The molecule has 2 amide bonds. The number of nitrogens with zero attached hydrogens (tertiary/aromatic N) is 2. The number of piperidine rings is 1. The molecule has 0 radical (unpaired) electrons. The molecule has 5 heteroatoms. The molecule has 2 rings (SSSR count). The summed E-state index contributed by atoms with van der Waals surface area (Å²) in [4.78, 5) is 27.8. The predicted octanol–water partition coefficient (Wildman–Crippen LogP) is 1.84. The Hall–Kier alpha value is -1.65. The number of hydrogen-bond acceptors (Lipinski definition) is 3. The van der Waals surface area contributed by atoms with Gasteiger partial charge in [0.2, 0.25) is 11.8 Å². The molecule has 19 heavy (non-hydrogen) atoms. The lowest BCUT2D eigenvalue weighted by Crippen LogP contribution is -2.45. The first-order valence-electron chi connectivity index (χ1n) is 7.01. The zero-order chi connectivity index (χ0) is 13.8. The topological polar surface area (TPSA) is 64.0 Å². The number of aromatic nitrogens is 2. The maximum Gasteiger partial charge on any atom is 0.230 e. The van der Waals surface area contributed by atoms with Crippen LogP contribution in [0.1, 0.15) is 51.1 Å². The standard InChI is InChI=1S/C14H21N3O2/c1-3-5-10-11(7-13(18)16-14(10)19)12-8-15-9-17(12)6-4-2/h8-11H,3-7H2,1-2H3,(H,16,18,19). The van der Waals surface area contributed by atoms with Crippen molar-refractivity contribution in [3.8, 4) is 0 Å². The Bertz CT molecular complexity index is 467. The van der Waals surface area contributed by atoms with Crippen molar-refractivity contribution < 1.29 is 9.59 Å². The van der Waals surface area contributed by atoms with Gasteiger partial charge in [-0.05, 0) is 12.8 Å². The Morgan fingerprint density at radius 2 is 2.16 bits per heavy atom. The largest absolute Gasteiger partial charge is 0.334 e. The number of carbonyl (C=O) groups is 2. The van der Waals surface area contributed by atoms with Crippen molar-refractivity contribution in [1.82, 2.24) is 14.9 Å². The summed E-state index contributed by atoms with van der Waals surface area (Å²) in [5, 5.41) is 2.45. The molecule has 0 aliphatic carbocycles. The molecule has 0 bridgehead atoms. The summed E-state index contributed by atoms with van der Waals surface area (Å²) in [6.07, 6.45) is 6.72. The summed E-state index contributed by atoms with van der Waals surface area (Å²) in [6.45, 7) is 5.04. The van der Waals surface area contributed by atoms with E-state index in [4.69, 9.17) is 0 Å². The molecule has 1 aliphatic heterocycles. The van der Waals surface area contributed by atoms with Gasteiger partial charge in [-0.2, -0.15) is 0 Å². The predicted molar refractivity (Wildman–Crippen MR) is 71.4 cm³/mol. The van der Waals surface area contributed by atoms with E-state index in [1.807, 2.05) is 0 Å². The number of imide groups is 1. The smallest absolute Gasteiger partial charge is 0.230 e. The molecule has 1 fully saturated rings. The fraction of sp³-hybridized carbons (Fsp3) is 0.643. The van der Waals surface area contributed by atoms with E-state index < -0.39 is 0 Å². The first-order chi connectivity index (χ1) is 9.17. The van der Waals surface area contributed by atoms with Crippen LogP contribution < -0.4 is 5.32 Å². The van der Waals surface area contributed by atoms with Crippen molar-refractivity contribution in [2.75, 3.05) is 0 Å². The third-order valence-electron chi connectivity index (χ3n) is 3.68. The highest BCUT2D eigenvalue weighted by Crippen LogP contribution is 2.34. The van der Waals surface area contributed by atoms with Crippen LogP contribution >= 0.6 is 0 Å². The summed E-state index contributed by atoms with van der Waals surface area (Å²) in [5.41, 5.74) is 1.02. The minimum absolute atomic E-state index is 0.0322. The zero-order valence-electron chi connectivity index (χ0n) is 11.6. The van der Waals surface area contributed by atoms with Gasteiger partial charge in [0.15, 0.2) is 0 Å². The van der Waals surface area contributed by atoms with Crippen LogP contribution in [0, 0.1) is 5.92 Å². The van der Waals surface area contributed by atoms with Crippen LogP contribution in [0.5, 0.6) is 0 Å². The number of aryl methyl sites for hydroxylation is 1. The van der Waals surface area contributed by atoms with Crippen molar-refractivity contribution in [3.63, 3.8) is 0 Å². The molecule has 5 nitrogen and oxygen atoms in total. The normalized spacial score (nSPS) is 23.5. The van der Waals surface area contributed by atoms with Gasteiger partial charge in [0.25, 0.3) is 0 Å². The van der Waals surface area contributed by atoms with Gasteiger partial charge in [-0.25, -0.2) is 4.98 Å². The number of hydrogen-bond donors (Lipinski definition) is 1. The van der Waals surface area contributed by atoms with Crippen molar-refractivity contribution in [1.29, 1.82) is 0 Å². The molecular weight excluding hydrogens is 242 g/mol. The lowest BCUT2D eigenvalue weighted by molar-refractivity contribution is -0.137. The number of amides is 2. The van der Waals surface area contributed by atoms with E-state index in [0.29, 0.717) is 6.42 Å². The van der Waals surface area contributed by atoms with E-state index in [1.54, 1.807) is 12.5 Å². The van der Waals surface area contributed by atoms with Crippen LogP contribution in [0.4, 0.5) is 0 Å². The molecule has 1 aromatic rings. The minimum atomic E-state index is -0.174. The van der Waals surface area contributed by atoms with E-state index in [0.717, 1.165) is 31.5 Å². The van der Waals surface area contributed by atoms with Crippen molar-refractivity contribution in [2.45, 2.75) is 52.0 Å². The lowest BCUT2D eigenvalue weighted by atomic mass is 9.80. The average Bonchev–Trinajstić information content (AvgIpc) is 2.81. The fourth-order valence-corrected chi connectivity index (χ4v) is 2.83. The molecule has 2 atom stereocenters. The van der Waals surface area contributed by atoms with Crippen molar-refractivity contribution in [2.24, 2.45) is 5.92 Å². The van der Waals surface area contributed by atoms with Crippen LogP contribution in [0.25, 0.3) is 0 Å². The van der Waals surface area contributed by atoms with Gasteiger partial charge in [-0.15, -0.1) is 0 Å². The van der Waals surface area contributed by atoms with E-state index in [-0.39, 0.29) is 23.7 Å². The molecular formula is C14H21N3O2. The summed E-state index contributed by atoms with van der Waals surface area (Å²) in [7, 11) is 0. The second-order valence-electron chi connectivity index (χ2n) is 5.13. The third-order valence-corrected chi connectivity index (χ3v) is 3.68. The van der Waals surface area contributed by atoms with E-state index in [1.165, 1.54) is 0 Å². The summed E-state index contributed by atoms with van der Waals surface area (Å²) in [6, 6.07) is 0. The van der Waals surface area contributed by atoms with E-state index in [9.17, 15) is 9.59 Å². The molecule has 0 spiro atoms. The SMILES string of the molecule is CCCC1C(=O)NC(=O)CC1c1cncn1CCC. The number of imidazole rings is 1. The third kappa shape index (κ3) is 2.85. The molecule has 2 unspecified atom stereocenters. The molecule has 104 valence electrons. The number of rotatable bonds is 5. The maximum atomic E-state index is 12.0. The van der Waals surface area contributed by atoms with Crippen LogP contribution in [0.2, 0.25) is 0 Å². The molecule has 1 N–H and O–H groups in total. The highest BCUT2D eigenvalue weighted by atomic mass is 16.2. The summed E-state index contributed by atoms with van der Waals surface area (Å²) < 4.78 is 2.07. The Labute approximate surface area is 113 Å². The molecule has 0 saturated carbocycles. The lowest BCUT2D eigenvalue weighted by Gasteiger charge is -2.30. The molecule has 1 aromatic heterocycles. The molecule has 0 aromatic carbocycles. The van der Waals surface area contributed by atoms with Gasteiger partial charge < -0.3 is 4.57 Å². The van der Waals surface area contributed by atoms with Crippen molar-refractivity contribution in [3.05, 3.63) is 18.2 Å². The zero-order valence-corrected chi connectivity index (χ0v) is 11.6. The van der Waals surface area contributed by atoms with Gasteiger partial charge in [0.1, 0.15) is 0 Å². The minimum Gasteiger partial charge on any atom is -0.334 e. The fourth-order valence-electron chi connectivity index (χ4n) is 2.83. The Kier molecular flexibility index (Phi) is 4.35. The van der Waals surface area contributed by atoms with Crippen LogP contribution in [0.15, 0.2) is 12.5 Å². The van der Waals surface area contributed by atoms with Gasteiger partial charge in [-0.1, -0.05) is 20.3 Å². The van der Waals surface area contributed by atoms with Crippen LogP contribution in [-0.4, -0.2) is 21.4 Å². The highest BCUT2D eigenvalue weighted by molar-refractivity contribution is 5.99.